The maximum Gasteiger partial charge on any atom is 0.228 e. The van der Waals surface area contributed by atoms with Gasteiger partial charge in [0.25, 0.3) is 0 Å². The Morgan fingerprint density at radius 3 is 2.68 bits per heavy atom. The van der Waals surface area contributed by atoms with E-state index in [0.717, 1.165) is 67.9 Å². The van der Waals surface area contributed by atoms with Crippen molar-refractivity contribution < 1.29 is 0 Å². The summed E-state index contributed by atoms with van der Waals surface area (Å²) in [5.74, 6) is 2.45. The van der Waals surface area contributed by atoms with Gasteiger partial charge in [-0.25, -0.2) is 9.97 Å². The fraction of sp³-hybridized carbons (Fsp3) is 0.400. The number of nitrogens with zero attached hydrogens (tertiary/aromatic N) is 8. The molecule has 0 aliphatic carbocycles. The number of halogens is 1. The number of nitriles is 1. The number of aromatic nitrogens is 4. The van der Waals surface area contributed by atoms with Crippen molar-refractivity contribution in [2.24, 2.45) is 0 Å². The van der Waals surface area contributed by atoms with E-state index in [2.05, 4.69) is 44.6 Å². The van der Waals surface area contributed by atoms with Crippen LogP contribution >= 0.6 is 11.6 Å². The van der Waals surface area contributed by atoms with Crippen LogP contribution in [0.5, 0.6) is 0 Å². The van der Waals surface area contributed by atoms with Crippen molar-refractivity contribution in [3.05, 3.63) is 53.4 Å². The lowest BCUT2D eigenvalue weighted by Gasteiger charge is -2.41. The Balaban J connectivity index is 1.49. The van der Waals surface area contributed by atoms with Crippen molar-refractivity contribution in [3.8, 4) is 17.3 Å². The van der Waals surface area contributed by atoms with Crippen LogP contribution in [0, 0.1) is 11.3 Å². The van der Waals surface area contributed by atoms with E-state index in [1.807, 2.05) is 24.3 Å². The first-order valence-electron chi connectivity index (χ1n) is 11.7. The molecule has 0 aromatic carbocycles. The predicted octanol–water partition coefficient (Wildman–Crippen LogP) is 4.16. The van der Waals surface area contributed by atoms with Crippen LogP contribution in [-0.4, -0.2) is 58.2 Å². The Labute approximate surface area is 204 Å². The summed E-state index contributed by atoms with van der Waals surface area (Å²) in [6.07, 6.45) is 7.37. The third kappa shape index (κ3) is 4.36. The minimum Gasteiger partial charge on any atom is -0.352 e. The van der Waals surface area contributed by atoms with Gasteiger partial charge in [-0.05, 0) is 44.9 Å². The van der Waals surface area contributed by atoms with Crippen LogP contribution in [0.1, 0.15) is 32.3 Å². The topological polar surface area (TPSA) is 85.1 Å². The van der Waals surface area contributed by atoms with Gasteiger partial charge in [0.05, 0.1) is 16.3 Å². The van der Waals surface area contributed by atoms with Gasteiger partial charge in [-0.3, -0.25) is 4.98 Å². The van der Waals surface area contributed by atoms with Crippen LogP contribution in [-0.2, 0) is 0 Å². The average molecular weight is 475 g/mol. The molecule has 2 fully saturated rings. The van der Waals surface area contributed by atoms with Crippen molar-refractivity contribution in [1.82, 2.24) is 19.9 Å². The van der Waals surface area contributed by atoms with E-state index in [4.69, 9.17) is 21.6 Å². The first-order valence-corrected chi connectivity index (χ1v) is 12.0. The summed E-state index contributed by atoms with van der Waals surface area (Å²) >= 11 is 6.41. The van der Waals surface area contributed by atoms with Gasteiger partial charge >= 0.3 is 0 Å². The highest BCUT2D eigenvalue weighted by Crippen LogP contribution is 2.31. The molecule has 8 nitrogen and oxygen atoms in total. The third-order valence-electron chi connectivity index (χ3n) is 6.63. The van der Waals surface area contributed by atoms with Gasteiger partial charge in [-0.15, -0.1) is 0 Å². The van der Waals surface area contributed by atoms with Crippen LogP contribution in [0.25, 0.3) is 11.3 Å². The van der Waals surface area contributed by atoms with Crippen molar-refractivity contribution in [3.63, 3.8) is 0 Å². The Morgan fingerprint density at radius 2 is 1.94 bits per heavy atom. The average Bonchev–Trinajstić information content (AvgIpc) is 3.30. The number of piperazine rings is 1. The third-order valence-corrected chi connectivity index (χ3v) is 6.93. The van der Waals surface area contributed by atoms with Crippen molar-refractivity contribution in [1.29, 1.82) is 5.26 Å². The molecular weight excluding hydrogens is 448 g/mol. The predicted molar refractivity (Wildman–Crippen MR) is 134 cm³/mol. The zero-order valence-electron chi connectivity index (χ0n) is 19.4. The highest BCUT2D eigenvalue weighted by Gasteiger charge is 2.29. The van der Waals surface area contributed by atoms with Gasteiger partial charge in [0.2, 0.25) is 5.95 Å². The molecule has 2 unspecified atom stereocenters. The lowest BCUT2D eigenvalue weighted by atomic mass is 10.1. The zero-order chi connectivity index (χ0) is 23.7. The van der Waals surface area contributed by atoms with Crippen LogP contribution < -0.4 is 14.7 Å². The molecule has 2 saturated heterocycles. The second-order valence-corrected chi connectivity index (χ2v) is 9.37. The highest BCUT2D eigenvalue weighted by atomic mass is 35.5. The Hall–Kier alpha value is -3.44. The summed E-state index contributed by atoms with van der Waals surface area (Å²) in [4.78, 5) is 25.5. The molecule has 2 atom stereocenters. The minimum atomic E-state index is 0.196. The van der Waals surface area contributed by atoms with E-state index >= 15 is 0 Å². The van der Waals surface area contributed by atoms with E-state index in [0.29, 0.717) is 16.6 Å². The second kappa shape index (κ2) is 9.43. The quantitative estimate of drug-likeness (QED) is 0.557. The van der Waals surface area contributed by atoms with Crippen LogP contribution in [0.4, 0.5) is 17.6 Å². The number of hydrogen-bond donors (Lipinski definition) is 0. The highest BCUT2D eigenvalue weighted by molar-refractivity contribution is 6.32. The largest absolute Gasteiger partial charge is 0.352 e. The summed E-state index contributed by atoms with van der Waals surface area (Å²) in [5.41, 5.74) is 2.12. The maximum absolute atomic E-state index is 9.34. The molecule has 0 radical (unpaired) electrons. The molecule has 34 heavy (non-hydrogen) atoms. The van der Waals surface area contributed by atoms with Gasteiger partial charge in [0, 0.05) is 68.5 Å². The molecule has 0 spiro atoms. The number of rotatable bonds is 4. The van der Waals surface area contributed by atoms with Crippen LogP contribution in [0.15, 0.2) is 42.9 Å². The van der Waals surface area contributed by atoms with E-state index in [-0.39, 0.29) is 6.04 Å². The van der Waals surface area contributed by atoms with Crippen LogP contribution in [0.2, 0.25) is 5.02 Å². The van der Waals surface area contributed by atoms with Gasteiger partial charge in [0.1, 0.15) is 17.7 Å². The fourth-order valence-corrected chi connectivity index (χ4v) is 5.06. The lowest BCUT2D eigenvalue weighted by Crippen LogP contribution is -2.52. The summed E-state index contributed by atoms with van der Waals surface area (Å²) < 4.78 is 0. The van der Waals surface area contributed by atoms with Gasteiger partial charge < -0.3 is 14.7 Å². The molecule has 9 heteroatoms. The molecule has 5 heterocycles. The SMILES string of the molecule is CC1CN(c2ncccc2Cl)CCN1c1cc(-c2cncc(C#N)c2)nc(N2CCCC2C)n1. The molecule has 2 aliphatic rings. The minimum absolute atomic E-state index is 0.196. The monoisotopic (exact) mass is 474 g/mol. The number of pyridine rings is 2. The van der Waals surface area contributed by atoms with Crippen LogP contribution in [0.3, 0.4) is 0 Å². The van der Waals surface area contributed by atoms with Crippen molar-refractivity contribution >= 4 is 29.2 Å². The summed E-state index contributed by atoms with van der Waals surface area (Å²) in [6.45, 7) is 7.73. The lowest BCUT2D eigenvalue weighted by molar-refractivity contribution is 0.542. The Kier molecular flexibility index (Phi) is 6.20. The van der Waals surface area contributed by atoms with Gasteiger partial charge in [-0.1, -0.05) is 11.6 Å². The number of hydrogen-bond acceptors (Lipinski definition) is 8. The van der Waals surface area contributed by atoms with E-state index in [1.54, 1.807) is 18.6 Å². The fourth-order valence-electron chi connectivity index (χ4n) is 4.82. The standard InChI is InChI=1S/C25H27ClN8/c1-17-5-4-8-34(17)25-30-22(20-11-19(13-27)14-28-15-20)12-23(31-25)33-10-9-32(16-18(33)2)24-21(26)6-3-7-29-24/h3,6-7,11-12,14-15,17-18H,4-5,8-10,16H2,1-2H3. The molecule has 174 valence electrons. The molecule has 3 aromatic rings. The molecule has 5 rings (SSSR count). The molecule has 0 bridgehead atoms. The molecule has 3 aromatic heterocycles. The molecule has 2 aliphatic heterocycles. The van der Waals surface area contributed by atoms with Crippen molar-refractivity contribution in [2.75, 3.05) is 40.9 Å². The first-order chi connectivity index (χ1) is 16.5. The molecule has 0 amide bonds. The summed E-state index contributed by atoms with van der Waals surface area (Å²) in [6, 6.07) is 10.3. The smallest absolute Gasteiger partial charge is 0.228 e. The van der Waals surface area contributed by atoms with Crippen molar-refractivity contribution in [2.45, 2.75) is 38.8 Å². The second-order valence-electron chi connectivity index (χ2n) is 8.97. The zero-order valence-corrected chi connectivity index (χ0v) is 20.2. The van der Waals surface area contributed by atoms with E-state index < -0.39 is 0 Å². The van der Waals surface area contributed by atoms with Gasteiger partial charge in [-0.2, -0.15) is 10.2 Å². The molecule has 0 N–H and O–H groups in total. The van der Waals surface area contributed by atoms with E-state index in [9.17, 15) is 5.26 Å². The Bertz CT molecular complexity index is 1230. The molecule has 0 saturated carbocycles. The molecular formula is C25H27ClN8. The van der Waals surface area contributed by atoms with E-state index in [1.165, 1.54) is 0 Å². The maximum atomic E-state index is 9.34. The summed E-state index contributed by atoms with van der Waals surface area (Å²) in [7, 11) is 0. The van der Waals surface area contributed by atoms with Gasteiger partial charge in [0.15, 0.2) is 0 Å². The summed E-state index contributed by atoms with van der Waals surface area (Å²) in [5, 5.41) is 10.0. The normalized spacial score (nSPS) is 20.5. The number of anilines is 3. The first kappa shape index (κ1) is 22.4. The Morgan fingerprint density at radius 1 is 1.06 bits per heavy atom.